The van der Waals surface area contributed by atoms with Gasteiger partial charge in [-0.1, -0.05) is 0 Å². The zero-order chi connectivity index (χ0) is 14.5. The van der Waals surface area contributed by atoms with Gasteiger partial charge in [0.05, 0.1) is 17.2 Å². The highest BCUT2D eigenvalue weighted by molar-refractivity contribution is 5.87. The fourth-order valence-electron chi connectivity index (χ4n) is 1.65. The van der Waals surface area contributed by atoms with Crippen molar-refractivity contribution in [2.45, 2.75) is 6.61 Å². The summed E-state index contributed by atoms with van der Waals surface area (Å²) in [6.07, 6.45) is 0. The van der Waals surface area contributed by atoms with Crippen LogP contribution in [0.4, 0.5) is 4.39 Å². The summed E-state index contributed by atoms with van der Waals surface area (Å²) in [5, 5.41) is 17.7. The Balaban J connectivity index is 2.11. The fourth-order valence-corrected chi connectivity index (χ4v) is 1.65. The molecule has 0 spiro atoms. The van der Waals surface area contributed by atoms with Crippen molar-refractivity contribution in [1.29, 1.82) is 5.26 Å². The van der Waals surface area contributed by atoms with E-state index in [0.717, 1.165) is 0 Å². The molecule has 0 aliphatic rings. The topological polar surface area (TPSA) is 70.3 Å². The number of halogens is 1. The zero-order valence-electron chi connectivity index (χ0n) is 10.3. The number of hydrogen-bond donors (Lipinski definition) is 1. The molecule has 0 amide bonds. The van der Waals surface area contributed by atoms with Crippen molar-refractivity contribution in [3.63, 3.8) is 0 Å². The minimum Gasteiger partial charge on any atom is -0.489 e. The van der Waals surface area contributed by atoms with Gasteiger partial charge in [0.1, 0.15) is 18.2 Å². The number of rotatable bonds is 4. The van der Waals surface area contributed by atoms with Crippen LogP contribution in [0.3, 0.4) is 0 Å². The lowest BCUT2D eigenvalue weighted by molar-refractivity contribution is 0.0697. The molecule has 2 aromatic carbocycles. The second-order valence-corrected chi connectivity index (χ2v) is 4.03. The van der Waals surface area contributed by atoms with Gasteiger partial charge >= 0.3 is 5.97 Å². The number of carboxylic acids is 1. The summed E-state index contributed by atoms with van der Waals surface area (Å²) in [7, 11) is 0. The number of hydrogen-bond acceptors (Lipinski definition) is 3. The maximum atomic E-state index is 13.1. The average Bonchev–Trinajstić information content (AvgIpc) is 2.45. The summed E-state index contributed by atoms with van der Waals surface area (Å²) in [4.78, 5) is 10.7. The lowest BCUT2D eigenvalue weighted by Crippen LogP contribution is -2.00. The lowest BCUT2D eigenvalue weighted by Gasteiger charge is -2.08. The highest BCUT2D eigenvalue weighted by atomic mass is 19.1. The molecule has 1 N–H and O–H groups in total. The third kappa shape index (κ3) is 3.12. The molecular weight excluding hydrogens is 261 g/mol. The summed E-state index contributed by atoms with van der Waals surface area (Å²) in [5.74, 6) is -1.01. The Morgan fingerprint density at radius 1 is 1.25 bits per heavy atom. The van der Waals surface area contributed by atoms with Crippen molar-refractivity contribution >= 4 is 5.97 Å². The molecule has 4 nitrogen and oxygen atoms in total. The first kappa shape index (κ1) is 13.6. The van der Waals surface area contributed by atoms with Gasteiger partial charge in [-0.25, -0.2) is 9.18 Å². The van der Waals surface area contributed by atoms with Crippen LogP contribution < -0.4 is 4.74 Å². The molecule has 0 aliphatic heterocycles. The molecule has 0 aliphatic carbocycles. The first-order chi connectivity index (χ1) is 9.60. The Bertz CT molecular complexity index is 675. The van der Waals surface area contributed by atoms with Gasteiger partial charge in [-0.3, -0.25) is 0 Å². The molecule has 0 heterocycles. The van der Waals surface area contributed by atoms with E-state index in [-0.39, 0.29) is 12.2 Å². The first-order valence-corrected chi connectivity index (χ1v) is 5.75. The van der Waals surface area contributed by atoms with E-state index in [1.54, 1.807) is 0 Å². The molecule has 20 heavy (non-hydrogen) atoms. The fraction of sp³-hybridized carbons (Fsp3) is 0.0667. The number of benzene rings is 2. The Labute approximate surface area is 114 Å². The molecule has 0 saturated heterocycles. The van der Waals surface area contributed by atoms with Crippen molar-refractivity contribution in [2.75, 3.05) is 0 Å². The molecule has 0 bridgehead atoms. The standard InChI is InChI=1S/C15H10FNO3/c16-13-4-1-11(8-17)12(7-13)9-20-14-5-2-10(3-6-14)15(18)19/h1-7H,9H2,(H,18,19). The minimum absolute atomic E-state index is 0.0348. The van der Waals surface area contributed by atoms with Crippen LogP contribution in [0.2, 0.25) is 0 Å². The van der Waals surface area contributed by atoms with Crippen molar-refractivity contribution in [3.05, 3.63) is 65.0 Å². The molecule has 2 rings (SSSR count). The van der Waals surface area contributed by atoms with Crippen molar-refractivity contribution in [3.8, 4) is 11.8 Å². The SMILES string of the molecule is N#Cc1ccc(F)cc1COc1ccc(C(=O)O)cc1. The summed E-state index contributed by atoms with van der Waals surface area (Å²) >= 11 is 0. The van der Waals surface area contributed by atoms with Crippen LogP contribution in [0.15, 0.2) is 42.5 Å². The quantitative estimate of drug-likeness (QED) is 0.928. The Kier molecular flexibility index (Phi) is 3.96. The van der Waals surface area contributed by atoms with Crippen molar-refractivity contribution in [2.24, 2.45) is 0 Å². The van der Waals surface area contributed by atoms with Crippen LogP contribution in [0, 0.1) is 17.1 Å². The van der Waals surface area contributed by atoms with E-state index in [4.69, 9.17) is 15.1 Å². The van der Waals surface area contributed by atoms with E-state index in [9.17, 15) is 9.18 Å². The Morgan fingerprint density at radius 2 is 1.95 bits per heavy atom. The Hall–Kier alpha value is -2.87. The average molecular weight is 271 g/mol. The van der Waals surface area contributed by atoms with Crippen molar-refractivity contribution < 1.29 is 19.0 Å². The summed E-state index contributed by atoms with van der Waals surface area (Å²) in [5.41, 5.74) is 0.934. The zero-order valence-corrected chi connectivity index (χ0v) is 10.3. The third-order valence-corrected chi connectivity index (χ3v) is 2.68. The smallest absolute Gasteiger partial charge is 0.335 e. The molecule has 0 aromatic heterocycles. The number of nitriles is 1. The predicted molar refractivity (Wildman–Crippen MR) is 68.8 cm³/mol. The molecule has 0 fully saturated rings. The Morgan fingerprint density at radius 3 is 2.55 bits per heavy atom. The maximum absolute atomic E-state index is 13.1. The van der Waals surface area contributed by atoms with Crippen LogP contribution in [-0.2, 0) is 6.61 Å². The van der Waals surface area contributed by atoms with Crippen LogP contribution in [-0.4, -0.2) is 11.1 Å². The minimum atomic E-state index is -1.02. The van der Waals surface area contributed by atoms with Gasteiger partial charge in [-0.15, -0.1) is 0 Å². The first-order valence-electron chi connectivity index (χ1n) is 5.75. The van der Waals surface area contributed by atoms with E-state index in [0.29, 0.717) is 16.9 Å². The summed E-state index contributed by atoms with van der Waals surface area (Å²) < 4.78 is 18.5. The molecule has 0 saturated carbocycles. The van der Waals surface area contributed by atoms with E-state index in [1.165, 1.54) is 42.5 Å². The molecule has 5 heteroatoms. The monoisotopic (exact) mass is 271 g/mol. The van der Waals surface area contributed by atoms with E-state index < -0.39 is 11.8 Å². The van der Waals surface area contributed by atoms with Gasteiger partial charge in [0.2, 0.25) is 0 Å². The van der Waals surface area contributed by atoms with Crippen LogP contribution in [0.25, 0.3) is 0 Å². The molecule has 2 aromatic rings. The normalized spacial score (nSPS) is 9.80. The third-order valence-electron chi connectivity index (χ3n) is 2.68. The second kappa shape index (κ2) is 5.85. The van der Waals surface area contributed by atoms with Gasteiger partial charge < -0.3 is 9.84 Å². The molecule has 0 unspecified atom stereocenters. The number of ether oxygens (including phenoxy) is 1. The predicted octanol–water partition coefficient (Wildman–Crippen LogP) is 2.97. The van der Waals surface area contributed by atoms with Crippen LogP contribution in [0.1, 0.15) is 21.5 Å². The second-order valence-electron chi connectivity index (χ2n) is 4.03. The number of aromatic carboxylic acids is 1. The van der Waals surface area contributed by atoms with E-state index >= 15 is 0 Å². The molecule has 0 radical (unpaired) electrons. The van der Waals surface area contributed by atoms with Crippen LogP contribution >= 0.6 is 0 Å². The summed E-state index contributed by atoms with van der Waals surface area (Å²) in [6.45, 7) is 0.0348. The molecular formula is C15H10FNO3. The van der Waals surface area contributed by atoms with Gasteiger partial charge in [0, 0.05) is 5.56 Å². The highest BCUT2D eigenvalue weighted by Crippen LogP contribution is 2.16. The number of nitrogens with zero attached hydrogens (tertiary/aromatic N) is 1. The van der Waals surface area contributed by atoms with Gasteiger partial charge in [0.15, 0.2) is 0 Å². The molecule has 0 atom stereocenters. The number of carboxylic acid groups (broad SMARTS) is 1. The van der Waals surface area contributed by atoms with Crippen LogP contribution in [0.5, 0.6) is 5.75 Å². The highest BCUT2D eigenvalue weighted by Gasteiger charge is 2.06. The van der Waals surface area contributed by atoms with Crippen molar-refractivity contribution in [1.82, 2.24) is 0 Å². The maximum Gasteiger partial charge on any atom is 0.335 e. The van der Waals surface area contributed by atoms with E-state index in [2.05, 4.69) is 0 Å². The molecule has 100 valence electrons. The van der Waals surface area contributed by atoms with Gasteiger partial charge in [-0.2, -0.15) is 5.26 Å². The summed E-state index contributed by atoms with van der Waals surface area (Å²) in [6, 6.07) is 11.6. The lowest BCUT2D eigenvalue weighted by atomic mass is 10.1. The van der Waals surface area contributed by atoms with Gasteiger partial charge in [0.25, 0.3) is 0 Å². The number of carbonyl (C=O) groups is 1. The largest absolute Gasteiger partial charge is 0.489 e. The van der Waals surface area contributed by atoms with E-state index in [1.807, 2.05) is 6.07 Å². The van der Waals surface area contributed by atoms with Gasteiger partial charge in [-0.05, 0) is 42.5 Å².